The molecule has 23 heavy (non-hydrogen) atoms. The highest BCUT2D eigenvalue weighted by atomic mass is 32.1. The summed E-state index contributed by atoms with van der Waals surface area (Å²) in [7, 11) is 0. The molecule has 0 amide bonds. The molecule has 8 heteroatoms. The minimum Gasteiger partial charge on any atom is -0.373 e. The van der Waals surface area contributed by atoms with E-state index < -0.39 is 0 Å². The van der Waals surface area contributed by atoms with Crippen molar-refractivity contribution in [3.8, 4) is 10.7 Å². The van der Waals surface area contributed by atoms with E-state index in [4.69, 9.17) is 4.74 Å². The van der Waals surface area contributed by atoms with Crippen LogP contribution in [0.4, 0.5) is 5.13 Å². The zero-order chi connectivity index (χ0) is 15.5. The first-order chi connectivity index (χ1) is 11.4. The summed E-state index contributed by atoms with van der Waals surface area (Å²) in [6.07, 6.45) is 5.60. The van der Waals surface area contributed by atoms with E-state index in [-0.39, 0.29) is 6.10 Å². The van der Waals surface area contributed by atoms with Gasteiger partial charge in [-0.1, -0.05) is 17.4 Å². The van der Waals surface area contributed by atoms with Gasteiger partial charge in [-0.05, 0) is 18.2 Å². The quantitative estimate of drug-likeness (QED) is 0.726. The van der Waals surface area contributed by atoms with Crippen molar-refractivity contribution in [3.63, 3.8) is 0 Å². The van der Waals surface area contributed by atoms with Crippen LogP contribution in [0.3, 0.4) is 0 Å². The zero-order valence-electron chi connectivity index (χ0n) is 12.4. The molecule has 7 nitrogen and oxygen atoms in total. The maximum absolute atomic E-state index is 5.84. The van der Waals surface area contributed by atoms with Crippen LogP contribution in [0.1, 0.15) is 0 Å². The predicted molar refractivity (Wildman–Crippen MR) is 87.3 cm³/mol. The minimum absolute atomic E-state index is 0.103. The van der Waals surface area contributed by atoms with Crippen LogP contribution in [-0.2, 0) is 11.3 Å². The summed E-state index contributed by atoms with van der Waals surface area (Å²) in [5.41, 5.74) is 0.859. The molecule has 3 aromatic heterocycles. The Bertz CT molecular complexity index is 744. The van der Waals surface area contributed by atoms with E-state index >= 15 is 0 Å². The first kappa shape index (κ1) is 14.3. The van der Waals surface area contributed by atoms with Crippen LogP contribution in [0.25, 0.3) is 10.7 Å². The summed E-state index contributed by atoms with van der Waals surface area (Å²) in [6, 6.07) is 7.72. The molecule has 0 N–H and O–H groups in total. The third-order valence-electron chi connectivity index (χ3n) is 3.66. The van der Waals surface area contributed by atoms with E-state index in [2.05, 4.69) is 25.2 Å². The van der Waals surface area contributed by atoms with Crippen molar-refractivity contribution in [1.29, 1.82) is 0 Å². The Balaban J connectivity index is 1.46. The number of rotatable bonds is 4. The molecule has 0 saturated carbocycles. The number of nitrogens with zero attached hydrogens (tertiary/aromatic N) is 6. The molecule has 4 rings (SSSR count). The molecule has 1 atom stereocenters. The van der Waals surface area contributed by atoms with Crippen LogP contribution in [0.15, 0.2) is 42.9 Å². The van der Waals surface area contributed by atoms with E-state index in [9.17, 15) is 0 Å². The molecule has 0 bridgehead atoms. The van der Waals surface area contributed by atoms with Gasteiger partial charge in [0, 0.05) is 31.7 Å². The molecule has 1 fully saturated rings. The lowest BCUT2D eigenvalue weighted by Crippen LogP contribution is -2.44. The Hall–Kier alpha value is -2.32. The second-order valence-corrected chi connectivity index (χ2v) is 6.23. The number of pyridine rings is 1. The van der Waals surface area contributed by atoms with E-state index in [0.29, 0.717) is 6.61 Å². The van der Waals surface area contributed by atoms with Gasteiger partial charge in [0.25, 0.3) is 0 Å². The number of anilines is 1. The third kappa shape index (κ3) is 3.22. The highest BCUT2D eigenvalue weighted by molar-refractivity contribution is 7.18. The van der Waals surface area contributed by atoms with Crippen molar-refractivity contribution in [2.24, 2.45) is 0 Å². The molecule has 1 saturated heterocycles. The lowest BCUT2D eigenvalue weighted by molar-refractivity contribution is 0.0274. The SMILES string of the molecule is c1ccc(-c2nnc(N3CCOC(Cn4cccn4)C3)s2)nc1. The topological polar surface area (TPSA) is 69.0 Å². The van der Waals surface area contributed by atoms with Gasteiger partial charge in [-0.15, -0.1) is 10.2 Å². The van der Waals surface area contributed by atoms with Crippen molar-refractivity contribution in [1.82, 2.24) is 25.0 Å². The second kappa shape index (κ2) is 6.43. The summed E-state index contributed by atoms with van der Waals surface area (Å²) in [5, 5.41) is 14.6. The number of hydrogen-bond acceptors (Lipinski definition) is 7. The number of aromatic nitrogens is 5. The maximum atomic E-state index is 5.84. The fourth-order valence-electron chi connectivity index (χ4n) is 2.56. The van der Waals surface area contributed by atoms with Gasteiger partial charge < -0.3 is 9.64 Å². The van der Waals surface area contributed by atoms with Gasteiger partial charge >= 0.3 is 0 Å². The molecule has 0 spiro atoms. The van der Waals surface area contributed by atoms with E-state index in [1.807, 2.05) is 35.1 Å². The van der Waals surface area contributed by atoms with E-state index in [1.165, 1.54) is 0 Å². The lowest BCUT2D eigenvalue weighted by Gasteiger charge is -2.32. The summed E-state index contributed by atoms with van der Waals surface area (Å²) < 4.78 is 7.73. The Morgan fingerprint density at radius 2 is 2.22 bits per heavy atom. The Morgan fingerprint density at radius 3 is 3.04 bits per heavy atom. The van der Waals surface area contributed by atoms with Crippen LogP contribution >= 0.6 is 11.3 Å². The number of morpholine rings is 1. The van der Waals surface area contributed by atoms with Crippen LogP contribution in [0.5, 0.6) is 0 Å². The molecule has 0 radical (unpaired) electrons. The third-order valence-corrected chi connectivity index (χ3v) is 4.66. The molecule has 1 unspecified atom stereocenters. The van der Waals surface area contributed by atoms with Gasteiger partial charge in [0.05, 0.1) is 19.3 Å². The minimum atomic E-state index is 0.103. The van der Waals surface area contributed by atoms with E-state index in [0.717, 1.165) is 35.5 Å². The van der Waals surface area contributed by atoms with Gasteiger partial charge in [-0.3, -0.25) is 9.67 Å². The molecular formula is C15H16N6OS. The van der Waals surface area contributed by atoms with Gasteiger partial charge in [0.15, 0.2) is 5.01 Å². The summed E-state index contributed by atoms with van der Waals surface area (Å²) in [4.78, 5) is 6.55. The smallest absolute Gasteiger partial charge is 0.208 e. The standard InChI is InChI=1S/C15H16N6OS/c1-2-5-16-13(4-1)14-18-19-15(23-14)20-8-9-22-12(10-20)11-21-7-3-6-17-21/h1-7,12H,8-11H2. The first-order valence-electron chi connectivity index (χ1n) is 7.47. The van der Waals surface area contributed by atoms with Crippen molar-refractivity contribution in [3.05, 3.63) is 42.9 Å². The summed E-state index contributed by atoms with van der Waals surface area (Å²) in [5.74, 6) is 0. The van der Waals surface area contributed by atoms with Gasteiger partial charge in [-0.25, -0.2) is 0 Å². The largest absolute Gasteiger partial charge is 0.373 e. The Labute approximate surface area is 137 Å². The second-order valence-electron chi connectivity index (χ2n) is 5.27. The molecule has 118 valence electrons. The maximum Gasteiger partial charge on any atom is 0.208 e. The van der Waals surface area contributed by atoms with Gasteiger partial charge in [-0.2, -0.15) is 5.10 Å². The fourth-order valence-corrected chi connectivity index (χ4v) is 3.41. The van der Waals surface area contributed by atoms with Crippen molar-refractivity contribution >= 4 is 16.5 Å². The fraction of sp³-hybridized carbons (Fsp3) is 0.333. The average molecular weight is 328 g/mol. The first-order valence-corrected chi connectivity index (χ1v) is 8.29. The molecule has 1 aliphatic rings. The summed E-state index contributed by atoms with van der Waals surface area (Å²) >= 11 is 1.57. The molecule has 0 aliphatic carbocycles. The number of hydrogen-bond donors (Lipinski definition) is 0. The average Bonchev–Trinajstić information content (AvgIpc) is 3.28. The lowest BCUT2D eigenvalue weighted by atomic mass is 10.3. The van der Waals surface area contributed by atoms with Crippen molar-refractivity contribution in [2.75, 3.05) is 24.6 Å². The molecule has 3 aromatic rings. The van der Waals surface area contributed by atoms with E-state index in [1.54, 1.807) is 23.7 Å². The number of ether oxygens (including phenoxy) is 1. The van der Waals surface area contributed by atoms with Crippen molar-refractivity contribution < 1.29 is 4.74 Å². The van der Waals surface area contributed by atoms with Crippen LogP contribution in [-0.4, -0.2) is 50.8 Å². The monoisotopic (exact) mass is 328 g/mol. The van der Waals surface area contributed by atoms with Gasteiger partial charge in [0.1, 0.15) is 5.69 Å². The molecular weight excluding hydrogens is 312 g/mol. The molecule has 1 aliphatic heterocycles. The predicted octanol–water partition coefficient (Wildman–Crippen LogP) is 1.70. The summed E-state index contributed by atoms with van der Waals surface area (Å²) in [6.45, 7) is 3.04. The van der Waals surface area contributed by atoms with Crippen molar-refractivity contribution in [2.45, 2.75) is 12.6 Å². The Morgan fingerprint density at radius 1 is 1.22 bits per heavy atom. The Kier molecular flexibility index (Phi) is 3.99. The highest BCUT2D eigenvalue weighted by Gasteiger charge is 2.24. The molecule has 0 aromatic carbocycles. The molecule has 4 heterocycles. The van der Waals surface area contributed by atoms with Crippen LogP contribution < -0.4 is 4.90 Å². The van der Waals surface area contributed by atoms with Gasteiger partial charge in [0.2, 0.25) is 5.13 Å². The normalized spacial score (nSPS) is 18.3. The van der Waals surface area contributed by atoms with Crippen LogP contribution in [0, 0.1) is 0 Å². The van der Waals surface area contributed by atoms with Crippen LogP contribution in [0.2, 0.25) is 0 Å². The highest BCUT2D eigenvalue weighted by Crippen LogP contribution is 2.28. The zero-order valence-corrected chi connectivity index (χ0v) is 13.3.